The Morgan fingerprint density at radius 1 is 1.03 bits per heavy atom. The van der Waals surface area contributed by atoms with Gasteiger partial charge in [0.25, 0.3) is 5.79 Å². The molecule has 35 heavy (non-hydrogen) atoms. The van der Waals surface area contributed by atoms with Gasteiger partial charge in [-0.2, -0.15) is 0 Å². The lowest BCUT2D eigenvalue weighted by Crippen LogP contribution is -2.67. The van der Waals surface area contributed by atoms with Crippen LogP contribution in [-0.2, 0) is 28.5 Å². The topological polar surface area (TPSA) is 132 Å². The number of unbranched alkanes of at least 4 members (excludes halogenated alkanes) is 12. The predicted octanol–water partition coefficient (Wildman–Crippen LogP) is 3.50. The van der Waals surface area contributed by atoms with Gasteiger partial charge in [-0.05, 0) is 12.8 Å². The lowest BCUT2D eigenvalue weighted by molar-refractivity contribution is -0.379. The van der Waals surface area contributed by atoms with Crippen LogP contribution in [0.4, 0.5) is 0 Å². The van der Waals surface area contributed by atoms with Crippen LogP contribution in [-0.4, -0.2) is 70.9 Å². The molecule has 2 saturated heterocycles. The maximum atomic E-state index is 12.3. The fraction of sp³-hybridized carbons (Fsp3) is 0.923. The van der Waals surface area contributed by atoms with E-state index in [1.54, 1.807) is 0 Å². The monoisotopic (exact) mass is 502 g/mol. The molecule has 5 atom stereocenters. The van der Waals surface area contributed by atoms with Crippen LogP contribution < -0.4 is 0 Å². The van der Waals surface area contributed by atoms with E-state index in [1.165, 1.54) is 71.3 Å². The van der Waals surface area contributed by atoms with Crippen molar-refractivity contribution in [1.29, 1.82) is 0 Å². The normalized spacial score (nSPS) is 29.0. The summed E-state index contributed by atoms with van der Waals surface area (Å²) in [6.07, 6.45) is 11.6. The molecule has 2 rings (SSSR count). The SMILES string of the molecule is CCCCCCCCCCCCCCCC(=O)OC[C@@H](O)[C@H]1OC(=O)[C@]2(O)CCC(O)O[C@]12OC. The van der Waals surface area contributed by atoms with E-state index in [2.05, 4.69) is 6.92 Å². The zero-order valence-corrected chi connectivity index (χ0v) is 21.5. The molecule has 0 spiro atoms. The number of esters is 2. The summed E-state index contributed by atoms with van der Waals surface area (Å²) in [7, 11) is 1.19. The minimum absolute atomic E-state index is 0.00758. The molecule has 3 N–H and O–H groups in total. The number of ether oxygens (including phenoxy) is 4. The Hall–Kier alpha value is -1.26. The van der Waals surface area contributed by atoms with Crippen molar-refractivity contribution in [3.05, 3.63) is 0 Å². The van der Waals surface area contributed by atoms with E-state index < -0.39 is 48.4 Å². The van der Waals surface area contributed by atoms with E-state index in [1.807, 2.05) is 0 Å². The van der Waals surface area contributed by atoms with Crippen molar-refractivity contribution in [3.8, 4) is 0 Å². The minimum atomic E-state index is -2.16. The van der Waals surface area contributed by atoms with E-state index in [-0.39, 0.29) is 19.3 Å². The first kappa shape index (κ1) is 30.0. The fourth-order valence-corrected chi connectivity index (χ4v) is 4.99. The lowest BCUT2D eigenvalue weighted by atomic mass is 9.83. The van der Waals surface area contributed by atoms with Gasteiger partial charge in [0.1, 0.15) is 12.7 Å². The predicted molar refractivity (Wildman–Crippen MR) is 128 cm³/mol. The van der Waals surface area contributed by atoms with Crippen LogP contribution in [0.3, 0.4) is 0 Å². The minimum Gasteiger partial charge on any atom is -0.463 e. The van der Waals surface area contributed by atoms with Crippen LogP contribution in [0.5, 0.6) is 0 Å². The van der Waals surface area contributed by atoms with Crippen LogP contribution >= 0.6 is 0 Å². The first-order valence-electron chi connectivity index (χ1n) is 13.5. The Bertz CT molecular complexity index is 642. The molecule has 0 saturated carbocycles. The first-order valence-corrected chi connectivity index (χ1v) is 13.5. The van der Waals surface area contributed by atoms with Crippen LogP contribution in [0.15, 0.2) is 0 Å². The van der Waals surface area contributed by atoms with E-state index in [0.717, 1.165) is 12.8 Å². The second-order valence-corrected chi connectivity index (χ2v) is 9.91. The molecule has 2 heterocycles. The highest BCUT2D eigenvalue weighted by Gasteiger charge is 2.73. The zero-order chi connectivity index (χ0) is 25.7. The summed E-state index contributed by atoms with van der Waals surface area (Å²) in [4.78, 5) is 24.4. The highest BCUT2D eigenvalue weighted by atomic mass is 16.8. The molecule has 0 aromatic rings. The van der Waals surface area contributed by atoms with Gasteiger partial charge in [-0.1, -0.05) is 84.0 Å². The van der Waals surface area contributed by atoms with Gasteiger partial charge >= 0.3 is 11.9 Å². The van der Waals surface area contributed by atoms with Crippen LogP contribution in [0, 0.1) is 0 Å². The van der Waals surface area contributed by atoms with Crippen molar-refractivity contribution in [2.45, 2.75) is 140 Å². The second kappa shape index (κ2) is 15.1. The molecule has 2 fully saturated rings. The molecular formula is C26H46O9. The standard InChI is InChI=1S/C26H46O9/c1-3-4-5-6-7-8-9-10-11-12-13-14-15-16-21(28)33-19-20(27)23-26(32-2)25(31,24(30)34-23)18-17-22(29)35-26/h20,22-23,27,29,31H,3-19H2,1-2H3/t20-,22?,23-,25-,26-/m1/s1. The number of carbonyl (C=O) groups excluding carboxylic acids is 2. The van der Waals surface area contributed by atoms with Gasteiger partial charge in [0.15, 0.2) is 12.4 Å². The van der Waals surface area contributed by atoms with Crippen molar-refractivity contribution in [3.63, 3.8) is 0 Å². The van der Waals surface area contributed by atoms with Crippen LogP contribution in [0.2, 0.25) is 0 Å². The summed E-state index contributed by atoms with van der Waals surface area (Å²) >= 11 is 0. The molecule has 0 bridgehead atoms. The molecule has 204 valence electrons. The van der Waals surface area contributed by atoms with Gasteiger partial charge in [0, 0.05) is 20.0 Å². The summed E-state index contributed by atoms with van der Waals surface area (Å²) in [6.45, 7) is 1.79. The summed E-state index contributed by atoms with van der Waals surface area (Å²) < 4.78 is 20.9. The Morgan fingerprint density at radius 2 is 1.57 bits per heavy atom. The van der Waals surface area contributed by atoms with Crippen LogP contribution in [0.25, 0.3) is 0 Å². The Morgan fingerprint density at radius 3 is 2.11 bits per heavy atom. The number of carbonyl (C=O) groups is 2. The molecule has 0 amide bonds. The van der Waals surface area contributed by atoms with E-state index in [4.69, 9.17) is 18.9 Å². The maximum Gasteiger partial charge on any atom is 0.344 e. The fourth-order valence-electron chi connectivity index (χ4n) is 4.99. The third-order valence-corrected chi connectivity index (χ3v) is 7.14. The number of aliphatic hydroxyl groups excluding tert-OH is 2. The Labute approximate surface area is 209 Å². The molecule has 0 aromatic heterocycles. The molecule has 0 aliphatic carbocycles. The van der Waals surface area contributed by atoms with Crippen molar-refractivity contribution in [2.75, 3.05) is 13.7 Å². The number of methoxy groups -OCH3 is 1. The number of fused-ring (bicyclic) bond motifs is 1. The van der Waals surface area contributed by atoms with Gasteiger partial charge in [-0.3, -0.25) is 4.79 Å². The average Bonchev–Trinajstić information content (AvgIpc) is 3.07. The van der Waals surface area contributed by atoms with Crippen molar-refractivity contribution >= 4 is 11.9 Å². The maximum absolute atomic E-state index is 12.3. The summed E-state index contributed by atoms with van der Waals surface area (Å²) in [5.74, 6) is -3.54. The van der Waals surface area contributed by atoms with Gasteiger partial charge in [0.05, 0.1) is 0 Å². The second-order valence-electron chi connectivity index (χ2n) is 9.91. The quantitative estimate of drug-likeness (QED) is 0.190. The number of hydrogen-bond donors (Lipinski definition) is 3. The molecule has 0 aromatic carbocycles. The lowest BCUT2D eigenvalue weighted by Gasteiger charge is -2.45. The molecular weight excluding hydrogens is 456 g/mol. The Balaban J connectivity index is 1.58. The average molecular weight is 503 g/mol. The third kappa shape index (κ3) is 8.12. The van der Waals surface area contributed by atoms with Gasteiger partial charge < -0.3 is 34.3 Å². The third-order valence-electron chi connectivity index (χ3n) is 7.14. The zero-order valence-electron chi connectivity index (χ0n) is 21.5. The number of rotatable bonds is 18. The molecule has 9 heteroatoms. The number of cyclic esters (lactones) is 1. The highest BCUT2D eigenvalue weighted by Crippen LogP contribution is 2.48. The van der Waals surface area contributed by atoms with Gasteiger partial charge in [-0.25, -0.2) is 4.79 Å². The molecule has 2 aliphatic rings. The van der Waals surface area contributed by atoms with Crippen molar-refractivity contribution in [2.24, 2.45) is 0 Å². The summed E-state index contributed by atoms with van der Waals surface area (Å²) in [5.41, 5.74) is -2.16. The smallest absolute Gasteiger partial charge is 0.344 e. The van der Waals surface area contributed by atoms with Gasteiger partial charge in [0.2, 0.25) is 5.60 Å². The van der Waals surface area contributed by atoms with Crippen LogP contribution in [0.1, 0.15) is 110 Å². The largest absolute Gasteiger partial charge is 0.463 e. The van der Waals surface area contributed by atoms with E-state index in [0.29, 0.717) is 6.42 Å². The molecule has 1 unspecified atom stereocenters. The first-order chi connectivity index (χ1) is 16.8. The summed E-state index contributed by atoms with van der Waals surface area (Å²) in [5, 5.41) is 31.2. The van der Waals surface area contributed by atoms with Crippen molar-refractivity contribution < 1.29 is 43.9 Å². The Kier molecular flexibility index (Phi) is 12.9. The van der Waals surface area contributed by atoms with Crippen molar-refractivity contribution in [1.82, 2.24) is 0 Å². The number of hydrogen-bond acceptors (Lipinski definition) is 9. The van der Waals surface area contributed by atoms with E-state index in [9.17, 15) is 24.9 Å². The number of aliphatic hydroxyl groups is 3. The van der Waals surface area contributed by atoms with E-state index >= 15 is 0 Å². The molecule has 2 aliphatic heterocycles. The molecule has 0 radical (unpaired) electrons. The molecule has 9 nitrogen and oxygen atoms in total. The highest BCUT2D eigenvalue weighted by molar-refractivity contribution is 5.84. The summed E-state index contributed by atoms with van der Waals surface area (Å²) in [6, 6.07) is 0. The van der Waals surface area contributed by atoms with Gasteiger partial charge in [-0.15, -0.1) is 0 Å².